The van der Waals surface area contributed by atoms with Crippen molar-refractivity contribution in [3.05, 3.63) is 0 Å². The van der Waals surface area contributed by atoms with Crippen LogP contribution in [0.25, 0.3) is 0 Å². The Kier molecular flexibility index (Phi) is 6.14. The van der Waals surface area contributed by atoms with E-state index >= 15 is 0 Å². The molecule has 0 amide bonds. The fourth-order valence-electron chi connectivity index (χ4n) is 0.518. The summed E-state index contributed by atoms with van der Waals surface area (Å²) in [5.74, 6) is 0. The van der Waals surface area contributed by atoms with Crippen molar-refractivity contribution in [3.8, 4) is 0 Å². The SMILES string of the molecule is CCNCC(C=S)NC. The Hall–Kier alpha value is 0.01000. The van der Waals surface area contributed by atoms with Crippen molar-refractivity contribution in [1.82, 2.24) is 10.6 Å². The van der Waals surface area contributed by atoms with E-state index in [1.54, 1.807) is 5.37 Å². The quantitative estimate of drug-likeness (QED) is 0.541. The summed E-state index contributed by atoms with van der Waals surface area (Å²) in [6.07, 6.45) is 0. The Bertz CT molecular complexity index is 75.5. The first-order valence-electron chi connectivity index (χ1n) is 3.18. The van der Waals surface area contributed by atoms with Crippen LogP contribution >= 0.6 is 12.2 Å². The zero-order valence-electron chi connectivity index (χ0n) is 5.98. The molecule has 0 radical (unpaired) electrons. The summed E-state index contributed by atoms with van der Waals surface area (Å²) >= 11 is 4.76. The Morgan fingerprint density at radius 2 is 2.33 bits per heavy atom. The van der Waals surface area contributed by atoms with Gasteiger partial charge in [-0.1, -0.05) is 19.1 Å². The number of nitrogens with one attached hydrogen (secondary N) is 2. The maximum absolute atomic E-state index is 4.76. The second-order valence-electron chi connectivity index (χ2n) is 1.84. The number of rotatable bonds is 5. The van der Waals surface area contributed by atoms with E-state index in [9.17, 15) is 0 Å². The molecule has 54 valence electrons. The van der Waals surface area contributed by atoms with E-state index in [4.69, 9.17) is 12.2 Å². The van der Waals surface area contributed by atoms with Crippen LogP contribution in [0.2, 0.25) is 0 Å². The van der Waals surface area contributed by atoms with Crippen LogP contribution in [-0.2, 0) is 0 Å². The summed E-state index contributed by atoms with van der Waals surface area (Å²) < 4.78 is 0. The maximum Gasteiger partial charge on any atom is 0.0477 e. The molecule has 2 nitrogen and oxygen atoms in total. The van der Waals surface area contributed by atoms with Gasteiger partial charge in [-0.25, -0.2) is 0 Å². The van der Waals surface area contributed by atoms with Gasteiger partial charge in [0.1, 0.15) is 0 Å². The van der Waals surface area contributed by atoms with Crippen molar-refractivity contribution in [3.63, 3.8) is 0 Å². The van der Waals surface area contributed by atoms with Crippen LogP contribution in [0, 0.1) is 0 Å². The van der Waals surface area contributed by atoms with Crippen LogP contribution in [0.15, 0.2) is 0 Å². The van der Waals surface area contributed by atoms with Crippen molar-refractivity contribution in [2.24, 2.45) is 0 Å². The molecule has 0 saturated carbocycles. The Balaban J connectivity index is 3.20. The topological polar surface area (TPSA) is 24.1 Å². The lowest BCUT2D eigenvalue weighted by atomic mass is 10.3. The molecular weight excluding hydrogens is 132 g/mol. The minimum Gasteiger partial charge on any atom is -0.315 e. The van der Waals surface area contributed by atoms with Crippen molar-refractivity contribution in [1.29, 1.82) is 0 Å². The summed E-state index contributed by atoms with van der Waals surface area (Å²) in [7, 11) is 1.91. The smallest absolute Gasteiger partial charge is 0.0477 e. The highest BCUT2D eigenvalue weighted by Gasteiger charge is 1.96. The summed E-state index contributed by atoms with van der Waals surface area (Å²) in [6.45, 7) is 4.01. The van der Waals surface area contributed by atoms with Gasteiger partial charge in [0, 0.05) is 12.6 Å². The highest BCUT2D eigenvalue weighted by atomic mass is 32.1. The minimum atomic E-state index is 0.333. The average Bonchev–Trinajstić information content (AvgIpc) is 1.91. The van der Waals surface area contributed by atoms with Gasteiger partial charge < -0.3 is 10.6 Å². The van der Waals surface area contributed by atoms with Crippen molar-refractivity contribution < 1.29 is 0 Å². The summed E-state index contributed by atoms with van der Waals surface area (Å²) in [6, 6.07) is 0.333. The van der Waals surface area contributed by atoms with Gasteiger partial charge in [0.25, 0.3) is 0 Å². The molecule has 0 bridgehead atoms. The molecule has 0 aliphatic heterocycles. The molecule has 2 N–H and O–H groups in total. The first-order chi connectivity index (χ1) is 4.35. The lowest BCUT2D eigenvalue weighted by Gasteiger charge is -2.09. The van der Waals surface area contributed by atoms with E-state index in [1.165, 1.54) is 0 Å². The van der Waals surface area contributed by atoms with Crippen LogP contribution in [-0.4, -0.2) is 31.5 Å². The summed E-state index contributed by atoms with van der Waals surface area (Å²) in [4.78, 5) is 0. The van der Waals surface area contributed by atoms with E-state index < -0.39 is 0 Å². The second kappa shape index (κ2) is 6.13. The number of likely N-dealkylation sites (N-methyl/N-ethyl adjacent to an activating group) is 2. The predicted octanol–water partition coefficient (Wildman–Crippen LogP) is 0.184. The van der Waals surface area contributed by atoms with E-state index in [2.05, 4.69) is 17.6 Å². The van der Waals surface area contributed by atoms with Gasteiger partial charge in [-0.2, -0.15) is 0 Å². The van der Waals surface area contributed by atoms with Crippen LogP contribution in [0.3, 0.4) is 0 Å². The van der Waals surface area contributed by atoms with E-state index in [1.807, 2.05) is 7.05 Å². The Morgan fingerprint density at radius 3 is 2.67 bits per heavy atom. The van der Waals surface area contributed by atoms with Gasteiger partial charge in [0.2, 0.25) is 0 Å². The normalized spacial score (nSPS) is 13.1. The number of thiocarbonyl (C=S) groups is 1. The minimum absolute atomic E-state index is 0.333. The molecule has 3 heteroatoms. The van der Waals surface area contributed by atoms with Gasteiger partial charge >= 0.3 is 0 Å². The van der Waals surface area contributed by atoms with Gasteiger partial charge in [0.15, 0.2) is 0 Å². The zero-order valence-corrected chi connectivity index (χ0v) is 6.79. The van der Waals surface area contributed by atoms with E-state index in [0.717, 1.165) is 13.1 Å². The molecule has 0 heterocycles. The third-order valence-corrected chi connectivity index (χ3v) is 1.48. The van der Waals surface area contributed by atoms with Crippen LogP contribution < -0.4 is 10.6 Å². The lowest BCUT2D eigenvalue weighted by Crippen LogP contribution is -2.37. The van der Waals surface area contributed by atoms with Crippen molar-refractivity contribution in [2.75, 3.05) is 20.1 Å². The second-order valence-corrected chi connectivity index (χ2v) is 2.11. The largest absolute Gasteiger partial charge is 0.315 e. The van der Waals surface area contributed by atoms with Crippen molar-refractivity contribution >= 4 is 17.6 Å². The average molecular weight is 146 g/mol. The third-order valence-electron chi connectivity index (χ3n) is 1.15. The number of hydrogen-bond acceptors (Lipinski definition) is 3. The molecule has 0 spiro atoms. The molecular formula is C6H14N2S. The third kappa shape index (κ3) is 4.51. The molecule has 0 aliphatic carbocycles. The van der Waals surface area contributed by atoms with E-state index in [-0.39, 0.29) is 0 Å². The van der Waals surface area contributed by atoms with Crippen molar-refractivity contribution in [2.45, 2.75) is 13.0 Å². The predicted molar refractivity (Wildman–Crippen MR) is 45.0 cm³/mol. The molecule has 0 saturated heterocycles. The zero-order chi connectivity index (χ0) is 7.11. The van der Waals surface area contributed by atoms with Gasteiger partial charge in [-0.3, -0.25) is 0 Å². The fraction of sp³-hybridized carbons (Fsp3) is 0.833. The highest BCUT2D eigenvalue weighted by Crippen LogP contribution is 1.73. The molecule has 0 aliphatic rings. The molecule has 0 fully saturated rings. The van der Waals surface area contributed by atoms with Crippen LogP contribution in [0.4, 0.5) is 0 Å². The molecule has 1 atom stereocenters. The maximum atomic E-state index is 4.76. The lowest BCUT2D eigenvalue weighted by molar-refractivity contribution is 0.623. The summed E-state index contributed by atoms with van der Waals surface area (Å²) in [5, 5.41) is 7.99. The van der Waals surface area contributed by atoms with Gasteiger partial charge in [-0.05, 0) is 19.0 Å². The molecule has 1 unspecified atom stereocenters. The van der Waals surface area contributed by atoms with Gasteiger partial charge in [0.05, 0.1) is 0 Å². The molecule has 9 heavy (non-hydrogen) atoms. The Morgan fingerprint density at radius 1 is 1.67 bits per heavy atom. The van der Waals surface area contributed by atoms with E-state index in [0.29, 0.717) is 6.04 Å². The molecule has 0 aromatic carbocycles. The fourth-order valence-corrected chi connectivity index (χ4v) is 0.750. The Labute approximate surface area is 62.0 Å². The molecule has 0 rings (SSSR count). The monoisotopic (exact) mass is 146 g/mol. The highest BCUT2D eigenvalue weighted by molar-refractivity contribution is 7.79. The molecule has 0 aromatic rings. The van der Waals surface area contributed by atoms with Gasteiger partial charge in [-0.15, -0.1) is 0 Å². The standard InChI is InChI=1S/C6H14N2S/c1-3-8-4-6(5-9)7-2/h5-8H,3-4H2,1-2H3. The summed E-state index contributed by atoms with van der Waals surface area (Å²) in [5.41, 5.74) is 0. The molecule has 0 aromatic heterocycles. The number of hydrogen-bond donors (Lipinski definition) is 2. The first kappa shape index (κ1) is 9.01. The first-order valence-corrected chi connectivity index (χ1v) is 3.65. The van der Waals surface area contributed by atoms with Crippen LogP contribution in [0.5, 0.6) is 0 Å². The van der Waals surface area contributed by atoms with Crippen LogP contribution in [0.1, 0.15) is 6.92 Å².